The molecule has 20 heavy (non-hydrogen) atoms. The first kappa shape index (κ1) is 17.4. The van der Waals surface area contributed by atoms with Crippen molar-refractivity contribution in [3.05, 3.63) is 0 Å². The fourth-order valence-electron chi connectivity index (χ4n) is 3.16. The van der Waals surface area contributed by atoms with E-state index >= 15 is 0 Å². The molecule has 0 amide bonds. The molecule has 0 aromatic heterocycles. The number of ether oxygens (including phenoxy) is 1. The number of carboxylic acids is 1. The molecule has 0 spiro atoms. The van der Waals surface area contributed by atoms with Crippen LogP contribution in [0.5, 0.6) is 0 Å². The maximum Gasteiger partial charge on any atom is 0.323 e. The van der Waals surface area contributed by atoms with Crippen LogP contribution in [-0.4, -0.2) is 60.9 Å². The lowest BCUT2D eigenvalue weighted by Gasteiger charge is -2.42. The zero-order chi connectivity index (χ0) is 15.0. The molecule has 0 aromatic carbocycles. The van der Waals surface area contributed by atoms with Crippen molar-refractivity contribution in [3.63, 3.8) is 0 Å². The molecule has 1 fully saturated rings. The molecule has 0 heterocycles. The van der Waals surface area contributed by atoms with Crippen molar-refractivity contribution in [2.75, 3.05) is 33.4 Å². The predicted molar refractivity (Wildman–Crippen MR) is 80.0 cm³/mol. The molecule has 118 valence electrons. The van der Waals surface area contributed by atoms with Crippen molar-refractivity contribution in [2.24, 2.45) is 0 Å². The Labute approximate surface area is 122 Å². The lowest BCUT2D eigenvalue weighted by Crippen LogP contribution is -2.58. The number of likely N-dealkylation sites (N-methyl/N-ethyl adjacent to an activating group) is 1. The molecule has 0 radical (unpaired) electrons. The van der Waals surface area contributed by atoms with Crippen LogP contribution >= 0.6 is 0 Å². The van der Waals surface area contributed by atoms with Crippen LogP contribution in [0.4, 0.5) is 0 Å². The van der Waals surface area contributed by atoms with Gasteiger partial charge in [-0.15, -0.1) is 0 Å². The Hall–Kier alpha value is -0.650. The van der Waals surface area contributed by atoms with Gasteiger partial charge in [-0.2, -0.15) is 0 Å². The number of aliphatic carboxylic acids is 1. The highest BCUT2D eigenvalue weighted by atomic mass is 16.5. The van der Waals surface area contributed by atoms with Gasteiger partial charge in [0.15, 0.2) is 0 Å². The Morgan fingerprint density at radius 2 is 2.25 bits per heavy atom. The molecule has 0 aliphatic heterocycles. The first-order chi connectivity index (χ1) is 9.59. The van der Waals surface area contributed by atoms with Crippen molar-refractivity contribution in [3.8, 4) is 0 Å². The highest BCUT2D eigenvalue weighted by molar-refractivity contribution is 5.79. The van der Waals surface area contributed by atoms with Gasteiger partial charge in [-0.25, -0.2) is 0 Å². The molecule has 2 N–H and O–H groups in total. The SMILES string of the molecule is CCCNC1(C(=O)O)CCCC(N(CC)CCOC)C1. The second-order valence-corrected chi connectivity index (χ2v) is 5.69. The van der Waals surface area contributed by atoms with Gasteiger partial charge >= 0.3 is 5.97 Å². The summed E-state index contributed by atoms with van der Waals surface area (Å²) in [6, 6.07) is 0.337. The number of carboxylic acid groups (broad SMARTS) is 1. The van der Waals surface area contributed by atoms with Crippen LogP contribution in [-0.2, 0) is 9.53 Å². The number of methoxy groups -OCH3 is 1. The van der Waals surface area contributed by atoms with Gasteiger partial charge in [-0.1, -0.05) is 13.8 Å². The summed E-state index contributed by atoms with van der Waals surface area (Å²) in [5.74, 6) is -0.696. The third-order valence-corrected chi connectivity index (χ3v) is 4.35. The summed E-state index contributed by atoms with van der Waals surface area (Å²) in [4.78, 5) is 14.1. The minimum atomic E-state index is -0.737. The van der Waals surface area contributed by atoms with Gasteiger partial charge in [-0.3, -0.25) is 9.69 Å². The van der Waals surface area contributed by atoms with Gasteiger partial charge in [-0.05, 0) is 45.2 Å². The molecule has 1 rings (SSSR count). The van der Waals surface area contributed by atoms with Crippen LogP contribution in [0, 0.1) is 0 Å². The monoisotopic (exact) mass is 286 g/mol. The Morgan fingerprint density at radius 1 is 1.50 bits per heavy atom. The minimum absolute atomic E-state index is 0.337. The van der Waals surface area contributed by atoms with Crippen molar-refractivity contribution in [1.29, 1.82) is 0 Å². The molecule has 5 heteroatoms. The Kier molecular flexibility index (Phi) is 7.48. The topological polar surface area (TPSA) is 61.8 Å². The van der Waals surface area contributed by atoms with Gasteiger partial charge in [0.1, 0.15) is 5.54 Å². The van der Waals surface area contributed by atoms with E-state index in [0.717, 1.165) is 45.3 Å². The van der Waals surface area contributed by atoms with E-state index in [4.69, 9.17) is 4.74 Å². The van der Waals surface area contributed by atoms with Gasteiger partial charge < -0.3 is 15.2 Å². The number of hydrogen-bond donors (Lipinski definition) is 2. The van der Waals surface area contributed by atoms with Crippen LogP contribution in [0.3, 0.4) is 0 Å². The van der Waals surface area contributed by atoms with Crippen LogP contribution < -0.4 is 5.32 Å². The summed E-state index contributed by atoms with van der Waals surface area (Å²) >= 11 is 0. The summed E-state index contributed by atoms with van der Waals surface area (Å²) in [5.41, 5.74) is -0.737. The van der Waals surface area contributed by atoms with Crippen LogP contribution in [0.25, 0.3) is 0 Å². The molecule has 0 bridgehead atoms. The summed E-state index contributed by atoms with van der Waals surface area (Å²) < 4.78 is 5.16. The van der Waals surface area contributed by atoms with Crippen molar-refractivity contribution < 1.29 is 14.6 Å². The van der Waals surface area contributed by atoms with Crippen molar-refractivity contribution >= 4 is 5.97 Å². The molecule has 2 atom stereocenters. The molecular formula is C15H30N2O3. The van der Waals surface area contributed by atoms with Crippen LogP contribution in [0.1, 0.15) is 46.0 Å². The Morgan fingerprint density at radius 3 is 2.80 bits per heavy atom. The quantitative estimate of drug-likeness (QED) is 0.676. The van der Waals surface area contributed by atoms with E-state index in [-0.39, 0.29) is 0 Å². The van der Waals surface area contributed by atoms with E-state index in [0.29, 0.717) is 19.1 Å². The molecule has 1 aliphatic carbocycles. The maximum absolute atomic E-state index is 11.7. The van der Waals surface area contributed by atoms with Gasteiger partial charge in [0, 0.05) is 19.7 Å². The number of hydrogen-bond acceptors (Lipinski definition) is 4. The number of carbonyl (C=O) groups is 1. The van der Waals surface area contributed by atoms with E-state index in [1.54, 1.807) is 7.11 Å². The van der Waals surface area contributed by atoms with E-state index in [2.05, 4.69) is 24.1 Å². The smallest absolute Gasteiger partial charge is 0.323 e. The average molecular weight is 286 g/mol. The van der Waals surface area contributed by atoms with E-state index < -0.39 is 11.5 Å². The summed E-state index contributed by atoms with van der Waals surface area (Å²) in [5, 5.41) is 12.9. The second-order valence-electron chi connectivity index (χ2n) is 5.69. The average Bonchev–Trinajstić information content (AvgIpc) is 2.46. The predicted octanol–water partition coefficient (Wildman–Crippen LogP) is 1.72. The second kappa shape index (κ2) is 8.60. The Balaban J connectivity index is 2.72. The van der Waals surface area contributed by atoms with E-state index in [1.807, 2.05) is 0 Å². The standard InChI is InChI=1S/C15H30N2O3/c1-4-9-16-15(14(18)19)8-6-7-13(12-15)17(5-2)10-11-20-3/h13,16H,4-12H2,1-3H3,(H,18,19). The molecule has 1 saturated carbocycles. The fourth-order valence-corrected chi connectivity index (χ4v) is 3.16. The molecule has 5 nitrogen and oxygen atoms in total. The van der Waals surface area contributed by atoms with E-state index in [9.17, 15) is 9.90 Å². The summed E-state index contributed by atoms with van der Waals surface area (Å²) in [6.45, 7) is 7.49. The largest absolute Gasteiger partial charge is 0.480 e. The minimum Gasteiger partial charge on any atom is -0.480 e. The van der Waals surface area contributed by atoms with Crippen LogP contribution in [0.2, 0.25) is 0 Å². The molecule has 1 aliphatic rings. The van der Waals surface area contributed by atoms with Gasteiger partial charge in [0.2, 0.25) is 0 Å². The number of nitrogens with zero attached hydrogens (tertiary/aromatic N) is 1. The highest BCUT2D eigenvalue weighted by Crippen LogP contribution is 2.31. The first-order valence-corrected chi connectivity index (χ1v) is 7.81. The number of rotatable bonds is 9. The lowest BCUT2D eigenvalue weighted by atomic mass is 9.78. The van der Waals surface area contributed by atoms with Crippen molar-refractivity contribution in [1.82, 2.24) is 10.2 Å². The first-order valence-electron chi connectivity index (χ1n) is 7.81. The third-order valence-electron chi connectivity index (χ3n) is 4.35. The molecule has 0 aromatic rings. The molecular weight excluding hydrogens is 256 g/mol. The summed E-state index contributed by atoms with van der Waals surface area (Å²) in [6.07, 6.45) is 4.44. The van der Waals surface area contributed by atoms with Crippen molar-refractivity contribution in [2.45, 2.75) is 57.5 Å². The lowest BCUT2D eigenvalue weighted by molar-refractivity contribution is -0.147. The van der Waals surface area contributed by atoms with Gasteiger partial charge in [0.05, 0.1) is 6.61 Å². The normalized spacial score (nSPS) is 26.9. The third kappa shape index (κ3) is 4.43. The summed E-state index contributed by atoms with van der Waals surface area (Å²) in [7, 11) is 1.71. The Bertz CT molecular complexity index is 299. The fraction of sp³-hybridized carbons (Fsp3) is 0.933. The molecule has 2 unspecified atom stereocenters. The maximum atomic E-state index is 11.7. The van der Waals surface area contributed by atoms with Crippen LogP contribution in [0.15, 0.2) is 0 Å². The zero-order valence-corrected chi connectivity index (χ0v) is 13.2. The number of nitrogens with one attached hydrogen (secondary N) is 1. The zero-order valence-electron chi connectivity index (χ0n) is 13.2. The molecule has 0 saturated heterocycles. The highest BCUT2D eigenvalue weighted by Gasteiger charge is 2.43. The van der Waals surface area contributed by atoms with Gasteiger partial charge in [0.25, 0.3) is 0 Å². The van der Waals surface area contributed by atoms with E-state index in [1.165, 1.54) is 0 Å².